The summed E-state index contributed by atoms with van der Waals surface area (Å²) < 4.78 is 143. The Morgan fingerprint density at radius 2 is 2.31 bits per heavy atom. The second-order valence-electron chi connectivity index (χ2n) is 1.66. The highest BCUT2D eigenvalue weighted by Gasteiger charge is 2.11. The van der Waals surface area contributed by atoms with Gasteiger partial charge in [0.25, 0.3) is 10.1 Å². The monoisotopic (exact) mass is 224 g/mol. The van der Waals surface area contributed by atoms with Crippen molar-refractivity contribution in [2.75, 3.05) is 38.3 Å². The maximum atomic E-state index is 11.6. The maximum absolute atomic E-state index is 11.6. The molecule has 6 heteroatoms. The topological polar surface area (TPSA) is 66.8 Å². The second-order valence-corrected chi connectivity index (χ2v) is 2.77. The minimum Gasteiger partial charge on any atom is -0.379 e. The predicted octanol–water partition coefficient (Wildman–Crippen LogP) is -0.404. The summed E-state index contributed by atoms with van der Waals surface area (Å²) in [6.07, 6.45) is -4.43. The third-order valence-corrected chi connectivity index (χ3v) is 1.11. The summed E-state index contributed by atoms with van der Waals surface area (Å²) in [7, 11) is -5.81. The Balaban J connectivity index is 3.85. The van der Waals surface area contributed by atoms with Crippen LogP contribution in [0.5, 0.6) is 0 Å². The molecule has 5 nitrogen and oxygen atoms in total. The van der Waals surface area contributed by atoms with E-state index in [-0.39, 0.29) is 0 Å². The van der Waals surface area contributed by atoms with Crippen molar-refractivity contribution in [2.45, 2.75) is 6.37 Å². The lowest BCUT2D eigenvalue weighted by atomic mass is 10.4. The zero-order chi connectivity index (χ0) is 23.0. The van der Waals surface area contributed by atoms with Gasteiger partial charge in [-0.25, -0.2) is 0 Å². The van der Waals surface area contributed by atoms with E-state index in [0.29, 0.717) is 0 Å². The predicted molar refractivity (Wildman–Crippen MR) is 48.3 cm³/mol. The molecule has 0 unspecified atom stereocenters. The van der Waals surface area contributed by atoms with Gasteiger partial charge in [-0.1, -0.05) is 0 Å². The molecule has 0 spiro atoms. The summed E-state index contributed by atoms with van der Waals surface area (Å²) in [6.45, 7) is -19.9. The molecule has 0 bridgehead atoms. The first-order chi connectivity index (χ1) is 11.9. The fraction of sp³-hybridized carbons (Fsp3) is 1.00. The summed E-state index contributed by atoms with van der Waals surface area (Å²) in [5.74, 6) is 0. The van der Waals surface area contributed by atoms with Crippen LogP contribution in [0.2, 0.25) is 0 Å². The van der Waals surface area contributed by atoms with Crippen LogP contribution in [0.25, 0.3) is 1.43 Å². The lowest BCUT2D eigenvalue weighted by molar-refractivity contribution is 0.0380. The van der Waals surface area contributed by atoms with Crippen molar-refractivity contribution in [3.8, 4) is 0 Å². The minimum atomic E-state index is -5.81. The van der Waals surface area contributed by atoms with Gasteiger partial charge in [-0.2, -0.15) is 8.42 Å². The maximum Gasteiger partial charge on any atom is 0.264 e. The average Bonchev–Trinajstić information content (AvgIpc) is 2.42. The smallest absolute Gasteiger partial charge is 0.264 e. The molecule has 0 aliphatic carbocycles. The summed E-state index contributed by atoms with van der Waals surface area (Å²) >= 11 is 0. The van der Waals surface area contributed by atoms with E-state index in [1.54, 1.807) is 0 Å². The third kappa shape index (κ3) is 5.20. The Morgan fingerprint density at radius 1 is 1.62 bits per heavy atom. The molecular weight excluding hydrogens is 194 g/mol. The van der Waals surface area contributed by atoms with Gasteiger partial charge >= 0.3 is 0 Å². The zero-order valence-electron chi connectivity index (χ0n) is 21.0. The Hall–Kier alpha value is -0.170. The molecule has 0 saturated carbocycles. The van der Waals surface area contributed by atoms with Crippen LogP contribution < -0.4 is 0 Å². The number of morpholine rings is 1. The minimum absolute atomic E-state index is 0.937. The van der Waals surface area contributed by atoms with Crippen molar-refractivity contribution in [3.63, 3.8) is 0 Å². The molecule has 0 aromatic heterocycles. The van der Waals surface area contributed by atoms with E-state index in [4.69, 9.17) is 20.6 Å². The van der Waals surface area contributed by atoms with Crippen molar-refractivity contribution in [2.24, 2.45) is 0 Å². The molecule has 1 rings (SSSR count). The Morgan fingerprint density at radius 3 is 2.92 bits per heavy atom. The van der Waals surface area contributed by atoms with E-state index < -0.39 is 59.7 Å². The first-order valence-corrected chi connectivity index (χ1v) is 4.19. The molecule has 13 heavy (non-hydrogen) atoms. The van der Waals surface area contributed by atoms with Crippen LogP contribution in [-0.2, 0) is 14.9 Å². The lowest BCUT2D eigenvalue weighted by Gasteiger charge is -2.26. The lowest BCUT2D eigenvalue weighted by Crippen LogP contribution is -2.37. The van der Waals surface area contributed by atoms with Crippen LogP contribution >= 0.6 is 0 Å². The second kappa shape index (κ2) is 4.90. The molecule has 78 valence electrons. The molecule has 1 aliphatic heterocycles. The molecule has 0 atom stereocenters. The molecule has 0 radical (unpaired) electrons. The van der Waals surface area contributed by atoms with E-state index in [0.717, 1.165) is 0 Å². The third-order valence-electron chi connectivity index (χ3n) is 0.761. The van der Waals surface area contributed by atoms with Gasteiger partial charge < -0.3 is 4.74 Å². The Bertz CT molecular complexity index is 707. The van der Waals surface area contributed by atoms with Crippen LogP contribution in [0.1, 0.15) is 25.6 Å². The van der Waals surface area contributed by atoms with Crippen LogP contribution in [0.15, 0.2) is 0 Å². The van der Waals surface area contributed by atoms with E-state index >= 15 is 0 Å². The first-order valence-electron chi connectivity index (χ1n) is 10.2. The van der Waals surface area contributed by atoms with Gasteiger partial charge in [0.1, 0.15) is 0 Å². The summed E-state index contributed by atoms with van der Waals surface area (Å²) in [6, 6.07) is 0. The van der Waals surface area contributed by atoms with Crippen LogP contribution in [0.4, 0.5) is 0 Å². The van der Waals surface area contributed by atoms with Gasteiger partial charge in [0, 0.05) is 26.7 Å². The molecule has 0 amide bonds. The largest absolute Gasteiger partial charge is 0.379 e. The molecular formula is C7H15NO4S. The molecule has 1 aliphatic rings. The van der Waals surface area contributed by atoms with Crippen LogP contribution in [0.3, 0.4) is 0 Å². The first kappa shape index (κ1) is 2.32. The standard InChI is InChI=1S/C7H15NO4S/c9-13(10,11)7-1-2-8-3-5-12-6-4-8/h1-7H2,(H,9,10,11)/i1D2,2D2,3D2,4D2,5D2,6D2,7D2/hD. The molecule has 1 N–H and O–H groups in total. The van der Waals surface area contributed by atoms with Gasteiger partial charge in [-0.15, -0.1) is 0 Å². The van der Waals surface area contributed by atoms with Crippen molar-refractivity contribution in [1.82, 2.24) is 4.90 Å². The number of nitrogens with zero attached hydrogens (tertiary/aromatic N) is 1. The molecule has 1 fully saturated rings. The number of hydrogen-bond donors (Lipinski definition) is 1. The van der Waals surface area contributed by atoms with Gasteiger partial charge in [-0.05, 0) is 12.9 Å². The summed E-state index contributed by atoms with van der Waals surface area (Å²) in [5.41, 5.74) is -4.42. The summed E-state index contributed by atoms with van der Waals surface area (Å²) in [4.78, 5) is -0.937. The quantitative estimate of drug-likeness (QED) is 0.643. The normalized spacial score (nSPS) is 56.2. The fourth-order valence-electron chi connectivity index (χ4n) is 0.388. The number of hydrogen-bond acceptors (Lipinski definition) is 5. The van der Waals surface area contributed by atoms with E-state index in [1.165, 1.54) is 0 Å². The van der Waals surface area contributed by atoms with Gasteiger partial charge in [0.2, 0.25) is 1.43 Å². The van der Waals surface area contributed by atoms with E-state index in [1.807, 2.05) is 0 Å². The van der Waals surface area contributed by atoms with Gasteiger partial charge in [0.05, 0.1) is 24.3 Å². The highest BCUT2D eigenvalue weighted by Crippen LogP contribution is 1.99. The van der Waals surface area contributed by atoms with Crippen molar-refractivity contribution >= 4 is 10.1 Å². The summed E-state index contributed by atoms with van der Waals surface area (Å²) in [5, 5.41) is 0. The number of rotatable bonds is 5. The average molecular weight is 224 g/mol. The van der Waals surface area contributed by atoms with Gasteiger partial charge in [-0.3, -0.25) is 9.45 Å². The molecule has 0 aromatic rings. The Kier molecular flexibility index (Phi) is 0.874. The van der Waals surface area contributed by atoms with Crippen LogP contribution in [-0.4, -0.2) is 56.2 Å². The van der Waals surface area contributed by atoms with Crippen LogP contribution in [0, 0.1) is 0 Å². The van der Waals surface area contributed by atoms with Crippen molar-refractivity contribution in [3.05, 3.63) is 0 Å². The van der Waals surface area contributed by atoms with E-state index in [2.05, 4.69) is 9.29 Å². The number of ether oxygens (including phenoxy) is 1. The highest BCUT2D eigenvalue weighted by molar-refractivity contribution is 7.85. The molecule has 0 aromatic carbocycles. The fourth-order valence-corrected chi connectivity index (χ4v) is 0.558. The molecule has 1 saturated heterocycles. The van der Waals surface area contributed by atoms with E-state index in [9.17, 15) is 8.42 Å². The SMILES string of the molecule is [2H]OS(=O)(=O)C([2H])([2H])C([2H])([2H])C([2H])([2H])N1C([2H])([2H])C([2H])([2H])OC([2H])([2H])C1([2H])[2H]. The highest BCUT2D eigenvalue weighted by atomic mass is 32.2. The van der Waals surface area contributed by atoms with Crippen molar-refractivity contribution in [1.29, 1.82) is 1.43 Å². The Labute approximate surface area is 99.6 Å². The van der Waals surface area contributed by atoms with Crippen molar-refractivity contribution < 1.29 is 36.9 Å². The molecule has 1 heterocycles. The van der Waals surface area contributed by atoms with Gasteiger partial charge in [0.15, 0.2) is 0 Å². The zero-order valence-corrected chi connectivity index (χ0v) is 6.80.